The van der Waals surface area contributed by atoms with Crippen molar-refractivity contribution in [2.24, 2.45) is 5.92 Å². The van der Waals surface area contributed by atoms with Crippen molar-refractivity contribution in [1.82, 2.24) is 0 Å². The zero-order chi connectivity index (χ0) is 23.1. The molecule has 9 nitrogen and oxygen atoms in total. The van der Waals surface area contributed by atoms with Crippen LogP contribution in [0.2, 0.25) is 0 Å². The van der Waals surface area contributed by atoms with Crippen molar-refractivity contribution in [2.45, 2.75) is 13.3 Å². The van der Waals surface area contributed by atoms with Gasteiger partial charge in [0.2, 0.25) is 5.91 Å². The maximum atomic E-state index is 12.4. The Balaban J connectivity index is 1.50. The second kappa shape index (κ2) is 10.4. The standard InChI is InChI=1S/C23H24N2O7/c1-3-31-19-10-6-17(7-11-19)24-20(26)14-32-23(29)16-12-21(27)25(13-16)18-8-4-15(5-9-18)22(28)30-2/h4-11,16H,3,12-14H2,1-2H3,(H,24,26)/t16-/m1/s1. The molecular formula is C23H24N2O7. The summed E-state index contributed by atoms with van der Waals surface area (Å²) in [5.41, 5.74) is 1.47. The van der Waals surface area contributed by atoms with Crippen LogP contribution < -0.4 is 15.0 Å². The van der Waals surface area contributed by atoms with E-state index < -0.39 is 30.4 Å². The Bertz CT molecular complexity index is 986. The van der Waals surface area contributed by atoms with Crippen LogP contribution in [0.3, 0.4) is 0 Å². The van der Waals surface area contributed by atoms with Crippen LogP contribution in [-0.4, -0.2) is 50.6 Å². The van der Waals surface area contributed by atoms with E-state index in [-0.39, 0.29) is 18.9 Å². The van der Waals surface area contributed by atoms with E-state index in [0.717, 1.165) is 0 Å². The van der Waals surface area contributed by atoms with Gasteiger partial charge in [0.05, 0.1) is 25.2 Å². The van der Waals surface area contributed by atoms with Crippen LogP contribution in [0.5, 0.6) is 5.75 Å². The molecule has 1 aliphatic rings. The number of esters is 2. The van der Waals surface area contributed by atoms with Gasteiger partial charge in [-0.05, 0) is 55.5 Å². The Hall–Kier alpha value is -3.88. The minimum absolute atomic E-state index is 0.0158. The third-order valence-electron chi connectivity index (χ3n) is 4.85. The number of methoxy groups -OCH3 is 1. The van der Waals surface area contributed by atoms with Crippen molar-refractivity contribution >= 4 is 35.1 Å². The van der Waals surface area contributed by atoms with Gasteiger partial charge in [-0.2, -0.15) is 0 Å². The lowest BCUT2D eigenvalue weighted by Gasteiger charge is -2.16. The molecule has 32 heavy (non-hydrogen) atoms. The number of hydrogen-bond donors (Lipinski definition) is 1. The van der Waals surface area contributed by atoms with Gasteiger partial charge < -0.3 is 24.4 Å². The molecule has 0 saturated carbocycles. The van der Waals surface area contributed by atoms with Crippen LogP contribution in [0.1, 0.15) is 23.7 Å². The van der Waals surface area contributed by atoms with Crippen LogP contribution in [0.15, 0.2) is 48.5 Å². The van der Waals surface area contributed by atoms with Crippen molar-refractivity contribution in [3.8, 4) is 5.75 Å². The number of rotatable bonds is 8. The molecule has 0 radical (unpaired) electrons. The van der Waals surface area contributed by atoms with Gasteiger partial charge in [-0.1, -0.05) is 0 Å². The van der Waals surface area contributed by atoms with Gasteiger partial charge in [-0.3, -0.25) is 14.4 Å². The first-order valence-corrected chi connectivity index (χ1v) is 10.1. The summed E-state index contributed by atoms with van der Waals surface area (Å²) in [6.07, 6.45) is -0.0158. The van der Waals surface area contributed by atoms with Crippen LogP contribution in [-0.2, 0) is 23.9 Å². The van der Waals surface area contributed by atoms with Gasteiger partial charge >= 0.3 is 11.9 Å². The highest BCUT2D eigenvalue weighted by Gasteiger charge is 2.36. The topological polar surface area (TPSA) is 111 Å². The van der Waals surface area contributed by atoms with Crippen molar-refractivity contribution in [3.63, 3.8) is 0 Å². The van der Waals surface area contributed by atoms with E-state index in [2.05, 4.69) is 10.1 Å². The highest BCUT2D eigenvalue weighted by atomic mass is 16.5. The van der Waals surface area contributed by atoms with Crippen LogP contribution in [0, 0.1) is 5.92 Å². The molecule has 1 fully saturated rings. The van der Waals surface area contributed by atoms with E-state index in [1.165, 1.54) is 12.0 Å². The number of nitrogens with one attached hydrogen (secondary N) is 1. The molecule has 1 aliphatic heterocycles. The number of benzene rings is 2. The van der Waals surface area contributed by atoms with Gasteiger partial charge in [0, 0.05) is 24.3 Å². The Kier molecular flexibility index (Phi) is 7.43. The molecule has 0 aromatic heterocycles. The van der Waals surface area contributed by atoms with Crippen molar-refractivity contribution in [2.75, 3.05) is 37.1 Å². The normalized spacial score (nSPS) is 15.2. The number of ether oxygens (including phenoxy) is 3. The number of hydrogen-bond acceptors (Lipinski definition) is 7. The highest BCUT2D eigenvalue weighted by Crippen LogP contribution is 2.26. The minimum Gasteiger partial charge on any atom is -0.494 e. The lowest BCUT2D eigenvalue weighted by molar-refractivity contribution is -0.151. The zero-order valence-electron chi connectivity index (χ0n) is 17.8. The summed E-state index contributed by atoms with van der Waals surface area (Å²) in [6.45, 7) is 2.10. The molecule has 0 bridgehead atoms. The quantitative estimate of drug-likeness (QED) is 0.628. The molecule has 2 amide bonds. The number of amides is 2. The number of carbonyl (C=O) groups is 4. The summed E-state index contributed by atoms with van der Waals surface area (Å²) < 4.78 is 15.1. The molecule has 2 aromatic rings. The fraction of sp³-hybridized carbons (Fsp3) is 0.304. The summed E-state index contributed by atoms with van der Waals surface area (Å²) in [5, 5.41) is 2.63. The molecule has 2 aromatic carbocycles. The van der Waals surface area contributed by atoms with Crippen LogP contribution >= 0.6 is 0 Å². The Morgan fingerprint density at radius 2 is 1.75 bits per heavy atom. The fourth-order valence-electron chi connectivity index (χ4n) is 3.26. The first-order chi connectivity index (χ1) is 15.4. The second-order valence-corrected chi connectivity index (χ2v) is 7.06. The molecule has 1 heterocycles. The number of nitrogens with zero attached hydrogens (tertiary/aromatic N) is 1. The lowest BCUT2D eigenvalue weighted by Crippen LogP contribution is -2.28. The third-order valence-corrected chi connectivity index (χ3v) is 4.85. The van der Waals surface area contributed by atoms with E-state index in [0.29, 0.717) is 29.3 Å². The smallest absolute Gasteiger partial charge is 0.337 e. The molecule has 1 N–H and O–H groups in total. The van der Waals surface area contributed by atoms with E-state index in [4.69, 9.17) is 9.47 Å². The molecule has 3 rings (SSSR count). The van der Waals surface area contributed by atoms with Crippen molar-refractivity contribution in [1.29, 1.82) is 0 Å². The van der Waals surface area contributed by atoms with Gasteiger partial charge in [0.15, 0.2) is 6.61 Å². The zero-order valence-corrected chi connectivity index (χ0v) is 17.8. The minimum atomic E-state index is -0.680. The maximum absolute atomic E-state index is 12.4. The molecule has 1 atom stereocenters. The first-order valence-electron chi connectivity index (χ1n) is 10.1. The average molecular weight is 440 g/mol. The largest absolute Gasteiger partial charge is 0.494 e. The van der Waals surface area contributed by atoms with E-state index in [9.17, 15) is 19.2 Å². The third kappa shape index (κ3) is 5.63. The highest BCUT2D eigenvalue weighted by molar-refractivity contribution is 6.00. The summed E-state index contributed by atoms with van der Waals surface area (Å²) >= 11 is 0. The Labute approximate surface area is 185 Å². The average Bonchev–Trinajstić information content (AvgIpc) is 3.20. The van der Waals surface area contributed by atoms with Crippen molar-refractivity contribution < 1.29 is 33.4 Å². The molecule has 9 heteroatoms. The van der Waals surface area contributed by atoms with Gasteiger partial charge in [0.25, 0.3) is 5.91 Å². The number of anilines is 2. The molecule has 0 aliphatic carbocycles. The van der Waals surface area contributed by atoms with Crippen LogP contribution in [0.4, 0.5) is 11.4 Å². The summed E-state index contributed by atoms with van der Waals surface area (Å²) in [6, 6.07) is 13.1. The van der Waals surface area contributed by atoms with Gasteiger partial charge in [0.1, 0.15) is 5.75 Å². The lowest BCUT2D eigenvalue weighted by atomic mass is 10.1. The van der Waals surface area contributed by atoms with E-state index >= 15 is 0 Å². The van der Waals surface area contributed by atoms with E-state index in [1.807, 2.05) is 6.92 Å². The Morgan fingerprint density at radius 1 is 1.06 bits per heavy atom. The van der Waals surface area contributed by atoms with Crippen LogP contribution in [0.25, 0.3) is 0 Å². The molecule has 1 saturated heterocycles. The molecule has 0 unspecified atom stereocenters. The van der Waals surface area contributed by atoms with E-state index in [1.54, 1.807) is 48.5 Å². The predicted octanol–water partition coefficient (Wildman–Crippen LogP) is 2.41. The second-order valence-electron chi connectivity index (χ2n) is 7.06. The monoisotopic (exact) mass is 440 g/mol. The molecule has 168 valence electrons. The van der Waals surface area contributed by atoms with Crippen molar-refractivity contribution in [3.05, 3.63) is 54.1 Å². The maximum Gasteiger partial charge on any atom is 0.337 e. The van der Waals surface area contributed by atoms with Gasteiger partial charge in [-0.15, -0.1) is 0 Å². The SMILES string of the molecule is CCOc1ccc(NC(=O)COC(=O)[C@@H]2CC(=O)N(c3ccc(C(=O)OC)cc3)C2)cc1. The summed E-state index contributed by atoms with van der Waals surface area (Å²) in [5.74, 6) is -1.81. The molecular weight excluding hydrogens is 416 g/mol. The number of carbonyl (C=O) groups excluding carboxylic acids is 4. The predicted molar refractivity (Wildman–Crippen MR) is 115 cm³/mol. The Morgan fingerprint density at radius 3 is 2.38 bits per heavy atom. The fourth-order valence-corrected chi connectivity index (χ4v) is 3.26. The first kappa shape index (κ1) is 22.8. The summed E-state index contributed by atoms with van der Waals surface area (Å²) in [7, 11) is 1.29. The summed E-state index contributed by atoms with van der Waals surface area (Å²) in [4.78, 5) is 49.8. The molecule has 0 spiro atoms. The van der Waals surface area contributed by atoms with Gasteiger partial charge in [-0.25, -0.2) is 4.79 Å².